The van der Waals surface area contributed by atoms with Gasteiger partial charge in [0.1, 0.15) is 0 Å². The molecule has 1 aliphatic rings. The van der Waals surface area contributed by atoms with Gasteiger partial charge in [0.25, 0.3) is 5.91 Å². The molecule has 4 rings (SSSR count). The van der Waals surface area contributed by atoms with Gasteiger partial charge < -0.3 is 5.11 Å². The summed E-state index contributed by atoms with van der Waals surface area (Å²) in [7, 11) is 0. The predicted octanol–water partition coefficient (Wildman–Crippen LogP) is 4.68. The average Bonchev–Trinajstić information content (AvgIpc) is 2.95. The van der Waals surface area contributed by atoms with E-state index in [-0.39, 0.29) is 11.9 Å². The van der Waals surface area contributed by atoms with Crippen LogP contribution in [0.25, 0.3) is 0 Å². The van der Waals surface area contributed by atoms with Gasteiger partial charge >= 0.3 is 0 Å². The van der Waals surface area contributed by atoms with Crippen LogP contribution < -0.4 is 0 Å². The molecule has 2 atom stereocenters. The van der Waals surface area contributed by atoms with Crippen molar-refractivity contribution >= 4 is 5.91 Å². The van der Waals surface area contributed by atoms with Gasteiger partial charge in [-0.1, -0.05) is 78.9 Å². The second-order valence-electron chi connectivity index (χ2n) is 7.11. The van der Waals surface area contributed by atoms with E-state index in [1.807, 2.05) is 79.7 Å². The Morgan fingerprint density at radius 1 is 0.889 bits per heavy atom. The zero-order valence-electron chi connectivity index (χ0n) is 15.4. The molecule has 3 aromatic rings. The van der Waals surface area contributed by atoms with Crippen LogP contribution in [-0.4, -0.2) is 15.9 Å². The summed E-state index contributed by atoms with van der Waals surface area (Å²) in [5.41, 5.74) is 2.13. The first kappa shape index (κ1) is 17.5. The maximum Gasteiger partial charge on any atom is 0.257 e. The van der Waals surface area contributed by atoms with Gasteiger partial charge in [-0.05, 0) is 30.5 Å². The average molecular weight is 357 g/mol. The van der Waals surface area contributed by atoms with Crippen molar-refractivity contribution in [3.05, 3.63) is 107 Å². The van der Waals surface area contributed by atoms with Crippen LogP contribution >= 0.6 is 0 Å². The van der Waals surface area contributed by atoms with E-state index in [0.717, 1.165) is 11.1 Å². The number of amides is 1. The molecule has 2 unspecified atom stereocenters. The summed E-state index contributed by atoms with van der Waals surface area (Å²) in [6, 6.07) is 27.1. The lowest BCUT2D eigenvalue weighted by atomic mass is 9.93. The third-order valence-corrected chi connectivity index (χ3v) is 5.48. The third kappa shape index (κ3) is 3.04. The zero-order chi connectivity index (χ0) is 18.9. The summed E-state index contributed by atoms with van der Waals surface area (Å²) < 4.78 is 0. The fraction of sp³-hybridized carbons (Fsp3) is 0.208. The quantitative estimate of drug-likeness (QED) is 0.720. The Morgan fingerprint density at radius 3 is 2.19 bits per heavy atom. The molecule has 0 bridgehead atoms. The summed E-state index contributed by atoms with van der Waals surface area (Å²) >= 11 is 0. The maximum absolute atomic E-state index is 13.2. The summed E-state index contributed by atoms with van der Waals surface area (Å²) in [5.74, 6) is -0.113. The Kier molecular flexibility index (Phi) is 4.54. The summed E-state index contributed by atoms with van der Waals surface area (Å²) in [6.07, 6.45) is 1.15. The van der Waals surface area contributed by atoms with Crippen LogP contribution in [0.3, 0.4) is 0 Å². The van der Waals surface area contributed by atoms with E-state index in [4.69, 9.17) is 0 Å². The van der Waals surface area contributed by atoms with Crippen LogP contribution in [0.4, 0.5) is 0 Å². The van der Waals surface area contributed by atoms with Gasteiger partial charge in [-0.3, -0.25) is 9.69 Å². The molecule has 136 valence electrons. The zero-order valence-corrected chi connectivity index (χ0v) is 15.4. The monoisotopic (exact) mass is 357 g/mol. The lowest BCUT2D eigenvalue weighted by Crippen LogP contribution is -2.45. The summed E-state index contributed by atoms with van der Waals surface area (Å²) in [6.45, 7) is 1.98. The minimum absolute atomic E-state index is 0.113. The van der Waals surface area contributed by atoms with E-state index in [9.17, 15) is 9.90 Å². The number of hydrogen-bond acceptors (Lipinski definition) is 2. The van der Waals surface area contributed by atoms with Gasteiger partial charge in [-0.15, -0.1) is 0 Å². The largest absolute Gasteiger partial charge is 0.367 e. The Morgan fingerprint density at radius 2 is 1.48 bits per heavy atom. The topological polar surface area (TPSA) is 40.5 Å². The number of carbonyl (C=O) groups is 1. The molecule has 0 aromatic heterocycles. The molecule has 0 fully saturated rings. The number of aliphatic hydroxyl groups is 1. The number of fused-ring (bicyclic) bond motifs is 1. The Balaban J connectivity index is 1.73. The van der Waals surface area contributed by atoms with Gasteiger partial charge in [-0.2, -0.15) is 0 Å². The Labute approximate surface area is 159 Å². The van der Waals surface area contributed by atoms with Gasteiger partial charge in [0.2, 0.25) is 0 Å². The summed E-state index contributed by atoms with van der Waals surface area (Å²) in [5, 5.41) is 11.8. The molecule has 3 nitrogen and oxygen atoms in total. The highest BCUT2D eigenvalue weighted by Crippen LogP contribution is 2.45. The first-order valence-electron chi connectivity index (χ1n) is 9.35. The molecule has 0 saturated heterocycles. The maximum atomic E-state index is 13.2. The van der Waals surface area contributed by atoms with Crippen molar-refractivity contribution in [3.8, 4) is 0 Å². The molecule has 0 radical (unpaired) electrons. The van der Waals surface area contributed by atoms with E-state index in [1.165, 1.54) is 0 Å². The van der Waals surface area contributed by atoms with E-state index in [2.05, 4.69) is 12.1 Å². The standard InChI is InChI=1S/C24H23NO2/c1-18(20-12-6-3-7-13-20)25-23(26)21-14-8-9-15-22(21)24(25,27)17-16-19-10-4-2-5-11-19/h2-15,18,27H,16-17H2,1H3. The fourth-order valence-corrected chi connectivity index (χ4v) is 4.04. The molecule has 27 heavy (non-hydrogen) atoms. The van der Waals surface area contributed by atoms with Crippen LogP contribution in [0, 0.1) is 0 Å². The lowest BCUT2D eigenvalue weighted by Gasteiger charge is -2.39. The Bertz CT molecular complexity index is 939. The molecule has 0 saturated carbocycles. The minimum atomic E-state index is -1.32. The first-order chi connectivity index (χ1) is 13.1. The van der Waals surface area contributed by atoms with E-state index < -0.39 is 5.72 Å². The van der Waals surface area contributed by atoms with E-state index >= 15 is 0 Å². The molecule has 1 heterocycles. The highest BCUT2D eigenvalue weighted by atomic mass is 16.3. The lowest BCUT2D eigenvalue weighted by molar-refractivity contribution is -0.106. The van der Waals surface area contributed by atoms with Gasteiger partial charge in [-0.25, -0.2) is 0 Å². The molecule has 1 N–H and O–H groups in total. The second-order valence-corrected chi connectivity index (χ2v) is 7.11. The van der Waals surface area contributed by atoms with Crippen LogP contribution in [0.2, 0.25) is 0 Å². The highest BCUT2D eigenvalue weighted by Gasteiger charge is 2.50. The highest BCUT2D eigenvalue weighted by molar-refractivity contribution is 6.00. The van der Waals surface area contributed by atoms with Crippen molar-refractivity contribution < 1.29 is 9.90 Å². The first-order valence-corrected chi connectivity index (χ1v) is 9.35. The van der Waals surface area contributed by atoms with Crippen molar-refractivity contribution in [1.29, 1.82) is 0 Å². The van der Waals surface area contributed by atoms with Crippen LogP contribution in [0.15, 0.2) is 84.9 Å². The molecule has 0 aliphatic carbocycles. The normalized spacial score (nSPS) is 19.8. The van der Waals surface area contributed by atoms with Gasteiger partial charge in [0.15, 0.2) is 5.72 Å². The van der Waals surface area contributed by atoms with E-state index in [1.54, 1.807) is 4.90 Å². The molecule has 1 aliphatic heterocycles. The van der Waals surface area contributed by atoms with Gasteiger partial charge in [0.05, 0.1) is 6.04 Å². The number of aryl methyl sites for hydroxylation is 1. The number of nitrogens with zero attached hydrogens (tertiary/aromatic N) is 1. The van der Waals surface area contributed by atoms with E-state index in [0.29, 0.717) is 24.0 Å². The smallest absolute Gasteiger partial charge is 0.257 e. The SMILES string of the molecule is CC(c1ccccc1)N1C(=O)c2ccccc2C1(O)CCc1ccccc1. The van der Waals surface area contributed by atoms with Crippen molar-refractivity contribution in [1.82, 2.24) is 4.90 Å². The molecular formula is C24H23NO2. The van der Waals surface area contributed by atoms with Gasteiger partial charge in [0, 0.05) is 17.5 Å². The molecule has 1 amide bonds. The van der Waals surface area contributed by atoms with Crippen LogP contribution in [0.1, 0.15) is 46.4 Å². The van der Waals surface area contributed by atoms with Crippen LogP contribution in [-0.2, 0) is 12.1 Å². The van der Waals surface area contributed by atoms with Crippen molar-refractivity contribution in [2.75, 3.05) is 0 Å². The summed E-state index contributed by atoms with van der Waals surface area (Å²) in [4.78, 5) is 14.9. The minimum Gasteiger partial charge on any atom is -0.367 e. The third-order valence-electron chi connectivity index (χ3n) is 5.48. The fourth-order valence-electron chi connectivity index (χ4n) is 4.04. The predicted molar refractivity (Wildman–Crippen MR) is 106 cm³/mol. The van der Waals surface area contributed by atoms with Crippen molar-refractivity contribution in [2.45, 2.75) is 31.5 Å². The molecule has 3 heteroatoms. The van der Waals surface area contributed by atoms with Crippen molar-refractivity contribution in [3.63, 3.8) is 0 Å². The van der Waals surface area contributed by atoms with Crippen molar-refractivity contribution in [2.24, 2.45) is 0 Å². The molecule has 0 spiro atoms. The number of benzene rings is 3. The second kappa shape index (κ2) is 7.01. The Hall–Kier alpha value is -2.91. The molecule has 3 aromatic carbocycles. The molecular weight excluding hydrogens is 334 g/mol. The number of carbonyl (C=O) groups excluding carboxylic acids is 1. The number of hydrogen-bond donors (Lipinski definition) is 1. The number of rotatable bonds is 5. The van der Waals surface area contributed by atoms with Crippen LogP contribution in [0.5, 0.6) is 0 Å².